The van der Waals surface area contributed by atoms with Crippen molar-refractivity contribution in [1.82, 2.24) is 0 Å². The molecule has 0 spiro atoms. The third-order valence-electron chi connectivity index (χ3n) is 2.26. The van der Waals surface area contributed by atoms with E-state index in [4.69, 9.17) is 34.8 Å². The van der Waals surface area contributed by atoms with Gasteiger partial charge in [-0.3, -0.25) is 0 Å². The molecule has 2 aromatic carbocycles. The van der Waals surface area contributed by atoms with Crippen molar-refractivity contribution < 1.29 is 4.79 Å². The van der Waals surface area contributed by atoms with Crippen LogP contribution in [0.4, 0.5) is 16.2 Å². The number of urea groups is 1. The Morgan fingerprint density at radius 3 is 2.16 bits per heavy atom. The molecule has 0 bridgehead atoms. The molecule has 0 saturated heterocycles. The second-order valence-electron chi connectivity index (χ2n) is 3.72. The summed E-state index contributed by atoms with van der Waals surface area (Å²) in [5, 5.41) is 6.65. The molecule has 2 N–H and O–H groups in total. The second kappa shape index (κ2) is 6.15. The molecule has 0 heterocycles. The third-order valence-corrected chi connectivity index (χ3v) is 3.23. The summed E-state index contributed by atoms with van der Waals surface area (Å²) in [4.78, 5) is 11.7. The number of anilines is 2. The summed E-state index contributed by atoms with van der Waals surface area (Å²) in [7, 11) is 0. The van der Waals surface area contributed by atoms with Gasteiger partial charge in [0.25, 0.3) is 0 Å². The van der Waals surface area contributed by atoms with Crippen LogP contribution in [0.5, 0.6) is 0 Å². The van der Waals surface area contributed by atoms with E-state index in [1.165, 1.54) is 0 Å². The van der Waals surface area contributed by atoms with Gasteiger partial charge in [-0.25, -0.2) is 4.79 Å². The molecular weight excluding hydrogens is 307 g/mol. The van der Waals surface area contributed by atoms with E-state index in [0.717, 1.165) is 0 Å². The summed E-state index contributed by atoms with van der Waals surface area (Å²) in [5.41, 5.74) is 1.15. The lowest BCUT2D eigenvalue weighted by atomic mass is 10.3. The van der Waals surface area contributed by atoms with Crippen molar-refractivity contribution in [2.45, 2.75) is 0 Å². The molecule has 0 unspecified atom stereocenters. The summed E-state index contributed by atoms with van der Waals surface area (Å²) in [6.07, 6.45) is 0. The van der Waals surface area contributed by atoms with Gasteiger partial charge in [0.2, 0.25) is 0 Å². The highest BCUT2D eigenvalue weighted by atomic mass is 35.5. The molecule has 0 saturated carbocycles. The van der Waals surface area contributed by atoms with Crippen LogP contribution in [0.1, 0.15) is 0 Å². The summed E-state index contributed by atoms with van der Waals surface area (Å²) in [5.74, 6) is 0. The molecule has 0 aliphatic rings. The first-order chi connectivity index (χ1) is 9.04. The molecule has 0 radical (unpaired) electrons. The van der Waals surface area contributed by atoms with Crippen LogP contribution in [0.2, 0.25) is 15.1 Å². The second-order valence-corrected chi connectivity index (χ2v) is 4.97. The Balaban J connectivity index is 2.03. The van der Waals surface area contributed by atoms with Gasteiger partial charge in [0.15, 0.2) is 0 Å². The van der Waals surface area contributed by atoms with Crippen molar-refractivity contribution >= 4 is 52.2 Å². The zero-order valence-corrected chi connectivity index (χ0v) is 11.9. The van der Waals surface area contributed by atoms with Crippen LogP contribution in [-0.4, -0.2) is 6.03 Å². The maximum Gasteiger partial charge on any atom is 0.323 e. The van der Waals surface area contributed by atoms with Crippen LogP contribution in [0, 0.1) is 0 Å². The lowest BCUT2D eigenvalue weighted by molar-refractivity contribution is 0.262. The molecule has 0 atom stereocenters. The number of hydrogen-bond donors (Lipinski definition) is 2. The Labute approximate surface area is 125 Å². The molecule has 2 rings (SSSR count). The lowest BCUT2D eigenvalue weighted by Crippen LogP contribution is -2.19. The first kappa shape index (κ1) is 14.0. The smallest absolute Gasteiger partial charge is 0.308 e. The van der Waals surface area contributed by atoms with Crippen molar-refractivity contribution in [1.29, 1.82) is 0 Å². The highest BCUT2D eigenvalue weighted by Gasteiger charge is 2.05. The molecule has 19 heavy (non-hydrogen) atoms. The zero-order chi connectivity index (χ0) is 13.8. The fourth-order valence-electron chi connectivity index (χ4n) is 1.43. The van der Waals surface area contributed by atoms with E-state index >= 15 is 0 Å². The van der Waals surface area contributed by atoms with Crippen molar-refractivity contribution in [3.63, 3.8) is 0 Å². The highest BCUT2D eigenvalue weighted by molar-refractivity contribution is 6.42. The van der Waals surface area contributed by atoms with Gasteiger partial charge < -0.3 is 10.6 Å². The SMILES string of the molecule is O=C(Nc1cccc(Cl)c1)Nc1ccc(Cl)c(Cl)c1. The van der Waals surface area contributed by atoms with Gasteiger partial charge >= 0.3 is 6.03 Å². The number of carbonyl (C=O) groups excluding carboxylic acids is 1. The van der Waals surface area contributed by atoms with Gasteiger partial charge in [-0.05, 0) is 36.4 Å². The number of carbonyl (C=O) groups is 1. The summed E-state index contributed by atoms with van der Waals surface area (Å²) >= 11 is 17.5. The summed E-state index contributed by atoms with van der Waals surface area (Å²) in [6, 6.07) is 11.3. The van der Waals surface area contributed by atoms with Crippen LogP contribution >= 0.6 is 34.8 Å². The number of nitrogens with one attached hydrogen (secondary N) is 2. The minimum absolute atomic E-state index is 0.377. The zero-order valence-electron chi connectivity index (χ0n) is 9.58. The minimum Gasteiger partial charge on any atom is -0.308 e. The summed E-state index contributed by atoms with van der Waals surface area (Å²) < 4.78 is 0. The van der Waals surface area contributed by atoms with Crippen molar-refractivity contribution in [3.8, 4) is 0 Å². The van der Waals surface area contributed by atoms with Gasteiger partial charge in [-0.2, -0.15) is 0 Å². The van der Waals surface area contributed by atoms with Crippen molar-refractivity contribution in [2.24, 2.45) is 0 Å². The Hall–Kier alpha value is -1.42. The molecule has 0 aromatic heterocycles. The van der Waals surface area contributed by atoms with Gasteiger partial charge in [0.05, 0.1) is 10.0 Å². The average Bonchev–Trinajstić information content (AvgIpc) is 2.34. The molecule has 0 fully saturated rings. The predicted molar refractivity (Wildman–Crippen MR) is 80.6 cm³/mol. The Kier molecular flexibility index (Phi) is 4.53. The topological polar surface area (TPSA) is 41.1 Å². The minimum atomic E-state index is -0.388. The Morgan fingerprint density at radius 1 is 0.842 bits per heavy atom. The van der Waals surface area contributed by atoms with E-state index in [2.05, 4.69) is 10.6 Å². The quantitative estimate of drug-likeness (QED) is 0.776. The molecule has 6 heteroatoms. The van der Waals surface area contributed by atoms with E-state index in [0.29, 0.717) is 26.4 Å². The lowest BCUT2D eigenvalue weighted by Gasteiger charge is -2.08. The number of amides is 2. The third kappa shape index (κ3) is 4.03. The van der Waals surface area contributed by atoms with Crippen molar-refractivity contribution in [2.75, 3.05) is 10.6 Å². The van der Waals surface area contributed by atoms with E-state index in [9.17, 15) is 4.79 Å². The van der Waals surface area contributed by atoms with Gasteiger partial charge in [-0.15, -0.1) is 0 Å². The van der Waals surface area contributed by atoms with Crippen LogP contribution in [-0.2, 0) is 0 Å². The number of halogens is 3. The standard InChI is InChI=1S/C13H9Cl3N2O/c14-8-2-1-3-9(6-8)17-13(19)18-10-4-5-11(15)12(16)7-10/h1-7H,(H2,17,18,19). The van der Waals surface area contributed by atoms with Crippen LogP contribution in [0.3, 0.4) is 0 Å². The predicted octanol–water partition coefficient (Wildman–Crippen LogP) is 5.29. The fraction of sp³-hybridized carbons (Fsp3) is 0. The Morgan fingerprint density at radius 2 is 1.53 bits per heavy atom. The van der Waals surface area contributed by atoms with Gasteiger partial charge in [0, 0.05) is 16.4 Å². The first-order valence-electron chi connectivity index (χ1n) is 5.33. The molecule has 0 aliphatic heterocycles. The monoisotopic (exact) mass is 314 g/mol. The summed E-state index contributed by atoms with van der Waals surface area (Å²) in [6.45, 7) is 0. The van der Waals surface area contributed by atoms with Gasteiger partial charge in [-0.1, -0.05) is 40.9 Å². The maximum absolute atomic E-state index is 11.7. The van der Waals surface area contributed by atoms with Gasteiger partial charge in [0.1, 0.15) is 0 Å². The maximum atomic E-state index is 11.7. The largest absolute Gasteiger partial charge is 0.323 e. The van der Waals surface area contributed by atoms with E-state index in [1.807, 2.05) is 0 Å². The van der Waals surface area contributed by atoms with Crippen molar-refractivity contribution in [3.05, 3.63) is 57.5 Å². The van der Waals surface area contributed by atoms with E-state index < -0.39 is 0 Å². The first-order valence-corrected chi connectivity index (χ1v) is 6.46. The van der Waals surface area contributed by atoms with Crippen LogP contribution < -0.4 is 10.6 Å². The molecule has 98 valence electrons. The number of hydrogen-bond acceptors (Lipinski definition) is 1. The van der Waals surface area contributed by atoms with Crippen LogP contribution in [0.15, 0.2) is 42.5 Å². The van der Waals surface area contributed by atoms with Crippen LogP contribution in [0.25, 0.3) is 0 Å². The molecular formula is C13H9Cl3N2O. The number of rotatable bonds is 2. The van der Waals surface area contributed by atoms with E-state index in [1.54, 1.807) is 42.5 Å². The molecule has 0 aliphatic carbocycles. The normalized spacial score (nSPS) is 10.1. The molecule has 2 aromatic rings. The average molecular weight is 316 g/mol. The fourth-order valence-corrected chi connectivity index (χ4v) is 1.92. The van der Waals surface area contributed by atoms with E-state index in [-0.39, 0.29) is 6.03 Å². The molecule has 2 amide bonds. The highest BCUT2D eigenvalue weighted by Crippen LogP contribution is 2.25. The molecule has 3 nitrogen and oxygen atoms in total. The number of benzene rings is 2. The Bertz CT molecular complexity index is 617.